The number of hydrogen-bond donors (Lipinski definition) is 4. The molecule has 0 fully saturated rings. The Morgan fingerprint density at radius 1 is 1.50 bits per heavy atom. The number of H-pyrrole nitrogens is 1. The number of aromatic amines is 1. The highest BCUT2D eigenvalue weighted by Gasteiger charge is 2.37. The van der Waals surface area contributed by atoms with Crippen molar-refractivity contribution in [2.75, 3.05) is 0 Å². The molecule has 1 aromatic carbocycles. The van der Waals surface area contributed by atoms with Crippen LogP contribution in [-0.4, -0.2) is 32.2 Å². The fourth-order valence-corrected chi connectivity index (χ4v) is 3.23. The van der Waals surface area contributed by atoms with Crippen LogP contribution in [-0.2, 0) is 11.2 Å². The number of aromatic nitrogens is 1. The van der Waals surface area contributed by atoms with Gasteiger partial charge in [0.15, 0.2) is 0 Å². The highest BCUT2D eigenvalue weighted by Crippen LogP contribution is 2.46. The van der Waals surface area contributed by atoms with E-state index in [0.29, 0.717) is 28.6 Å². The molecule has 0 saturated heterocycles. The smallest absolute Gasteiger partial charge is 0.144 e. The van der Waals surface area contributed by atoms with Gasteiger partial charge in [0, 0.05) is 18.2 Å². The van der Waals surface area contributed by atoms with Gasteiger partial charge in [-0.2, -0.15) is 0 Å². The van der Waals surface area contributed by atoms with Gasteiger partial charge in [-0.15, -0.1) is 0 Å². The molecular weight excluding hydrogens is 282 g/mol. The van der Waals surface area contributed by atoms with Gasteiger partial charge in [-0.05, 0) is 18.9 Å². The molecule has 0 bridgehead atoms. The number of phenols is 2. The molecule has 0 aliphatic heterocycles. The fourth-order valence-electron chi connectivity index (χ4n) is 3.04. The Bertz CT molecular complexity index is 720. The van der Waals surface area contributed by atoms with Crippen molar-refractivity contribution in [1.29, 1.82) is 0 Å². The van der Waals surface area contributed by atoms with Crippen LogP contribution in [0.2, 0.25) is 5.02 Å². The molecule has 2 atom stereocenters. The van der Waals surface area contributed by atoms with Crippen molar-refractivity contribution in [3.63, 3.8) is 0 Å². The molecule has 0 saturated carbocycles. The van der Waals surface area contributed by atoms with E-state index in [-0.39, 0.29) is 22.9 Å². The normalized spacial score (nSPS) is 25.6. The van der Waals surface area contributed by atoms with E-state index in [0.717, 1.165) is 6.29 Å². The summed E-state index contributed by atoms with van der Waals surface area (Å²) in [5.74, 6) is -0.750. The third-order valence-corrected chi connectivity index (χ3v) is 4.16. The minimum atomic E-state index is -1.04. The number of aldehydes is 1. The predicted octanol–water partition coefficient (Wildman–Crippen LogP) is 2.21. The average Bonchev–Trinajstić information content (AvgIpc) is 2.73. The van der Waals surface area contributed by atoms with Crippen LogP contribution in [0.4, 0.5) is 0 Å². The zero-order valence-electron chi connectivity index (χ0n) is 10.8. The molecule has 1 heterocycles. The Balaban J connectivity index is 2.38. The topological polar surface area (TPSA) is 93.6 Å². The van der Waals surface area contributed by atoms with Crippen molar-refractivity contribution in [3.05, 3.63) is 22.3 Å². The van der Waals surface area contributed by atoms with Crippen molar-refractivity contribution in [1.82, 2.24) is 4.98 Å². The first-order chi connectivity index (χ1) is 9.34. The van der Waals surface area contributed by atoms with Crippen LogP contribution >= 0.6 is 11.6 Å². The van der Waals surface area contributed by atoms with E-state index in [1.807, 2.05) is 0 Å². The molecule has 106 valence electrons. The van der Waals surface area contributed by atoms with Gasteiger partial charge < -0.3 is 25.1 Å². The number of halogens is 1. The number of benzene rings is 1. The van der Waals surface area contributed by atoms with E-state index in [1.54, 1.807) is 6.92 Å². The van der Waals surface area contributed by atoms with Crippen LogP contribution in [0, 0.1) is 0 Å². The first-order valence-corrected chi connectivity index (χ1v) is 6.64. The third-order valence-electron chi connectivity index (χ3n) is 3.87. The first-order valence-electron chi connectivity index (χ1n) is 6.26. The summed E-state index contributed by atoms with van der Waals surface area (Å²) in [6.07, 6.45) is 1.34. The van der Waals surface area contributed by atoms with Gasteiger partial charge >= 0.3 is 0 Å². The highest BCUT2D eigenvalue weighted by molar-refractivity contribution is 6.33. The second-order valence-electron chi connectivity index (χ2n) is 5.61. The molecule has 4 N–H and O–H groups in total. The van der Waals surface area contributed by atoms with E-state index in [4.69, 9.17) is 11.6 Å². The molecule has 0 amide bonds. The molecule has 0 spiro atoms. The summed E-state index contributed by atoms with van der Waals surface area (Å²) in [6, 6.07) is 1.25. The van der Waals surface area contributed by atoms with Gasteiger partial charge in [-0.25, -0.2) is 0 Å². The highest BCUT2D eigenvalue weighted by atomic mass is 35.5. The molecule has 20 heavy (non-hydrogen) atoms. The van der Waals surface area contributed by atoms with Gasteiger partial charge in [-0.3, -0.25) is 0 Å². The van der Waals surface area contributed by atoms with Gasteiger partial charge in [0.25, 0.3) is 0 Å². The molecular formula is C14H14ClNO4. The Morgan fingerprint density at radius 3 is 2.85 bits per heavy atom. The van der Waals surface area contributed by atoms with E-state index in [1.165, 1.54) is 6.07 Å². The van der Waals surface area contributed by atoms with Crippen LogP contribution in [0.1, 0.15) is 30.5 Å². The molecule has 6 heteroatoms. The molecule has 2 aromatic rings. The van der Waals surface area contributed by atoms with Gasteiger partial charge in [0.05, 0.1) is 27.4 Å². The lowest BCUT2D eigenvalue weighted by atomic mass is 9.78. The Kier molecular flexibility index (Phi) is 2.74. The van der Waals surface area contributed by atoms with Crippen molar-refractivity contribution < 1.29 is 20.1 Å². The van der Waals surface area contributed by atoms with E-state index >= 15 is 0 Å². The summed E-state index contributed by atoms with van der Waals surface area (Å²) in [6.45, 7) is 1.65. The molecule has 3 rings (SSSR count). The average molecular weight is 296 g/mol. The Hall–Kier alpha value is -1.72. The third kappa shape index (κ3) is 1.77. The van der Waals surface area contributed by atoms with Crippen LogP contribution in [0.3, 0.4) is 0 Å². The zero-order chi connectivity index (χ0) is 14.7. The van der Waals surface area contributed by atoms with Crippen molar-refractivity contribution in [2.45, 2.75) is 31.3 Å². The maximum Gasteiger partial charge on any atom is 0.144 e. The van der Waals surface area contributed by atoms with E-state index < -0.39 is 11.5 Å². The summed E-state index contributed by atoms with van der Waals surface area (Å²) < 4.78 is 0. The van der Waals surface area contributed by atoms with Gasteiger partial charge in [-0.1, -0.05) is 11.6 Å². The van der Waals surface area contributed by atoms with Gasteiger partial charge in [0.1, 0.15) is 17.8 Å². The second kappa shape index (κ2) is 4.14. The molecule has 5 nitrogen and oxygen atoms in total. The second-order valence-corrected chi connectivity index (χ2v) is 6.02. The number of aromatic hydroxyl groups is 2. The summed E-state index contributed by atoms with van der Waals surface area (Å²) in [5.41, 5.74) is 0.539. The van der Waals surface area contributed by atoms with Crippen molar-refractivity contribution in [3.8, 4) is 11.5 Å². The largest absolute Gasteiger partial charge is 0.506 e. The van der Waals surface area contributed by atoms with E-state index in [2.05, 4.69) is 4.98 Å². The maximum absolute atomic E-state index is 11.2. The quantitative estimate of drug-likeness (QED) is 0.479. The maximum atomic E-state index is 11.2. The standard InChI is InChI=1S/C14H14ClNO4/c1-14(20)3-6(5-17)11-7(4-14)10-12(16-11)9(18)2-8(15)13(10)19/h2,5-6,16,18-20H,3-4H2,1H3. The molecule has 0 radical (unpaired) electrons. The lowest BCUT2D eigenvalue weighted by Gasteiger charge is -2.31. The van der Waals surface area contributed by atoms with E-state index in [9.17, 15) is 20.1 Å². The van der Waals surface area contributed by atoms with Crippen LogP contribution in [0.15, 0.2) is 6.07 Å². The summed E-state index contributed by atoms with van der Waals surface area (Å²) in [4.78, 5) is 14.2. The predicted molar refractivity (Wildman–Crippen MR) is 74.4 cm³/mol. The number of aliphatic hydroxyl groups is 1. The number of rotatable bonds is 1. The number of nitrogens with one attached hydrogen (secondary N) is 1. The Morgan fingerprint density at radius 2 is 2.20 bits per heavy atom. The van der Waals surface area contributed by atoms with Crippen LogP contribution in [0.25, 0.3) is 10.9 Å². The minimum Gasteiger partial charge on any atom is -0.506 e. The summed E-state index contributed by atoms with van der Waals surface area (Å²) >= 11 is 5.88. The summed E-state index contributed by atoms with van der Waals surface area (Å²) in [5, 5.41) is 30.7. The number of carbonyl (C=O) groups excluding carboxylic acids is 1. The van der Waals surface area contributed by atoms with Crippen molar-refractivity contribution >= 4 is 28.8 Å². The number of hydrogen-bond acceptors (Lipinski definition) is 4. The number of carbonyl (C=O) groups is 1. The molecule has 2 unspecified atom stereocenters. The number of fused-ring (bicyclic) bond motifs is 3. The van der Waals surface area contributed by atoms with Crippen LogP contribution < -0.4 is 0 Å². The zero-order valence-corrected chi connectivity index (χ0v) is 11.5. The monoisotopic (exact) mass is 295 g/mol. The SMILES string of the molecule is CC1(O)Cc2c([nH]c3c(O)cc(Cl)c(O)c23)C(C=O)C1. The summed E-state index contributed by atoms with van der Waals surface area (Å²) in [7, 11) is 0. The Labute approximate surface area is 119 Å². The lowest BCUT2D eigenvalue weighted by molar-refractivity contribution is -0.111. The van der Waals surface area contributed by atoms with Crippen molar-refractivity contribution in [2.24, 2.45) is 0 Å². The van der Waals surface area contributed by atoms with Crippen LogP contribution in [0.5, 0.6) is 11.5 Å². The molecule has 1 aromatic heterocycles. The van der Waals surface area contributed by atoms with Gasteiger partial charge in [0.2, 0.25) is 0 Å². The minimum absolute atomic E-state index is 0.0321. The fraction of sp³-hybridized carbons (Fsp3) is 0.357. The lowest BCUT2D eigenvalue weighted by Crippen LogP contribution is -2.34. The molecule has 1 aliphatic rings. The molecule has 1 aliphatic carbocycles. The first kappa shape index (κ1) is 13.3. The number of phenolic OH excluding ortho intramolecular Hbond substituents is 2.